The molecular formula is C16H16ClN3. The van der Waals surface area contributed by atoms with E-state index >= 15 is 0 Å². The van der Waals surface area contributed by atoms with Crippen LogP contribution in [0, 0.1) is 11.3 Å². The Morgan fingerprint density at radius 2 is 2.00 bits per heavy atom. The van der Waals surface area contributed by atoms with Crippen LogP contribution in [0.1, 0.15) is 16.7 Å². The fourth-order valence-corrected chi connectivity index (χ4v) is 2.29. The van der Waals surface area contributed by atoms with Gasteiger partial charge in [0.1, 0.15) is 0 Å². The summed E-state index contributed by atoms with van der Waals surface area (Å²) in [6.45, 7) is 1.50. The van der Waals surface area contributed by atoms with E-state index in [2.05, 4.69) is 11.0 Å². The second kappa shape index (κ2) is 6.42. The van der Waals surface area contributed by atoms with Gasteiger partial charge in [-0.3, -0.25) is 4.90 Å². The molecule has 20 heavy (non-hydrogen) atoms. The van der Waals surface area contributed by atoms with Gasteiger partial charge in [0.25, 0.3) is 0 Å². The quantitative estimate of drug-likeness (QED) is 0.876. The van der Waals surface area contributed by atoms with E-state index in [-0.39, 0.29) is 0 Å². The molecular weight excluding hydrogens is 270 g/mol. The van der Waals surface area contributed by atoms with Crippen molar-refractivity contribution >= 4 is 17.3 Å². The van der Waals surface area contributed by atoms with Crippen molar-refractivity contribution in [3.63, 3.8) is 0 Å². The Morgan fingerprint density at radius 3 is 2.70 bits per heavy atom. The lowest BCUT2D eigenvalue weighted by Crippen LogP contribution is -2.18. The Balaban J connectivity index is 2.05. The van der Waals surface area contributed by atoms with Crippen LogP contribution in [0.15, 0.2) is 42.5 Å². The smallest absolute Gasteiger partial charge is 0.0991 e. The number of hydrogen-bond donors (Lipinski definition) is 1. The molecule has 102 valence electrons. The highest BCUT2D eigenvalue weighted by Crippen LogP contribution is 2.20. The molecule has 4 heteroatoms. The van der Waals surface area contributed by atoms with Gasteiger partial charge in [-0.05, 0) is 42.4 Å². The monoisotopic (exact) mass is 285 g/mol. The van der Waals surface area contributed by atoms with E-state index in [9.17, 15) is 0 Å². The lowest BCUT2D eigenvalue weighted by molar-refractivity contribution is 0.319. The molecule has 0 aliphatic carbocycles. The second-order valence-electron chi connectivity index (χ2n) is 4.83. The number of nitrogens with zero attached hydrogens (tertiary/aromatic N) is 2. The normalized spacial score (nSPS) is 10.5. The molecule has 2 N–H and O–H groups in total. The zero-order valence-electron chi connectivity index (χ0n) is 11.3. The van der Waals surface area contributed by atoms with Crippen LogP contribution in [0.3, 0.4) is 0 Å². The molecule has 0 amide bonds. The summed E-state index contributed by atoms with van der Waals surface area (Å²) in [5.41, 5.74) is 9.50. The van der Waals surface area contributed by atoms with Crippen molar-refractivity contribution in [2.24, 2.45) is 0 Å². The molecule has 0 bridgehead atoms. The number of rotatable bonds is 4. The number of hydrogen-bond acceptors (Lipinski definition) is 3. The average Bonchev–Trinajstić information content (AvgIpc) is 2.42. The van der Waals surface area contributed by atoms with Gasteiger partial charge in [-0.1, -0.05) is 29.8 Å². The third kappa shape index (κ3) is 3.74. The first-order valence-corrected chi connectivity index (χ1v) is 6.68. The lowest BCUT2D eigenvalue weighted by atomic mass is 10.1. The van der Waals surface area contributed by atoms with Gasteiger partial charge >= 0.3 is 0 Å². The van der Waals surface area contributed by atoms with E-state index in [1.807, 2.05) is 37.4 Å². The third-order valence-electron chi connectivity index (χ3n) is 3.06. The number of anilines is 1. The van der Waals surface area contributed by atoms with Crippen LogP contribution in [0.5, 0.6) is 0 Å². The minimum atomic E-state index is 0.649. The van der Waals surface area contributed by atoms with Gasteiger partial charge in [0.15, 0.2) is 0 Å². The molecule has 2 rings (SSSR count). The van der Waals surface area contributed by atoms with E-state index in [1.165, 1.54) is 0 Å². The van der Waals surface area contributed by atoms with E-state index in [0.717, 1.165) is 24.2 Å². The molecule has 0 radical (unpaired) electrons. The fraction of sp³-hybridized carbons (Fsp3) is 0.188. The molecule has 0 aliphatic heterocycles. The highest BCUT2D eigenvalue weighted by molar-refractivity contribution is 6.30. The van der Waals surface area contributed by atoms with Gasteiger partial charge in [0.2, 0.25) is 0 Å². The predicted molar refractivity (Wildman–Crippen MR) is 82.2 cm³/mol. The summed E-state index contributed by atoms with van der Waals surface area (Å²) in [4.78, 5) is 2.15. The molecule has 2 aromatic rings. The predicted octanol–water partition coefficient (Wildman–Crippen LogP) is 3.43. The van der Waals surface area contributed by atoms with Gasteiger partial charge in [0.05, 0.1) is 11.6 Å². The molecule has 0 aliphatic rings. The van der Waals surface area contributed by atoms with Gasteiger partial charge < -0.3 is 5.73 Å². The number of benzene rings is 2. The minimum Gasteiger partial charge on any atom is -0.398 e. The number of nitriles is 1. The molecule has 0 atom stereocenters. The lowest BCUT2D eigenvalue weighted by Gasteiger charge is -2.18. The largest absolute Gasteiger partial charge is 0.398 e. The highest BCUT2D eigenvalue weighted by Gasteiger charge is 2.06. The van der Waals surface area contributed by atoms with Crippen molar-refractivity contribution in [1.29, 1.82) is 5.26 Å². The highest BCUT2D eigenvalue weighted by atomic mass is 35.5. The first-order valence-electron chi connectivity index (χ1n) is 6.30. The van der Waals surface area contributed by atoms with Crippen molar-refractivity contribution in [2.75, 3.05) is 12.8 Å². The molecule has 0 saturated carbocycles. The zero-order chi connectivity index (χ0) is 14.5. The van der Waals surface area contributed by atoms with Crippen LogP contribution in [-0.4, -0.2) is 11.9 Å². The molecule has 2 aromatic carbocycles. The van der Waals surface area contributed by atoms with Gasteiger partial charge in [-0.2, -0.15) is 5.26 Å². The molecule has 0 aromatic heterocycles. The van der Waals surface area contributed by atoms with E-state index in [0.29, 0.717) is 16.3 Å². The molecule has 0 unspecified atom stereocenters. The Hall–Kier alpha value is -2.02. The van der Waals surface area contributed by atoms with Gasteiger partial charge in [-0.15, -0.1) is 0 Å². The molecule has 0 heterocycles. The summed E-state index contributed by atoms with van der Waals surface area (Å²) in [7, 11) is 2.02. The summed E-state index contributed by atoms with van der Waals surface area (Å²) in [6.07, 6.45) is 0. The van der Waals surface area contributed by atoms with Crippen LogP contribution >= 0.6 is 11.6 Å². The third-order valence-corrected chi connectivity index (χ3v) is 3.29. The first-order chi connectivity index (χ1) is 9.58. The van der Waals surface area contributed by atoms with Crippen molar-refractivity contribution in [3.05, 3.63) is 64.2 Å². The van der Waals surface area contributed by atoms with Crippen molar-refractivity contribution in [1.82, 2.24) is 4.90 Å². The first kappa shape index (κ1) is 14.4. The number of nitrogens with two attached hydrogens (primary N) is 1. The summed E-state index contributed by atoms with van der Waals surface area (Å²) in [5.74, 6) is 0. The average molecular weight is 286 g/mol. The van der Waals surface area contributed by atoms with E-state index in [4.69, 9.17) is 22.6 Å². The van der Waals surface area contributed by atoms with Crippen LogP contribution in [0.25, 0.3) is 0 Å². The maximum absolute atomic E-state index is 8.90. The Morgan fingerprint density at radius 1 is 1.20 bits per heavy atom. The summed E-state index contributed by atoms with van der Waals surface area (Å²) < 4.78 is 0. The van der Waals surface area contributed by atoms with E-state index in [1.54, 1.807) is 12.1 Å². The van der Waals surface area contributed by atoms with Crippen LogP contribution < -0.4 is 5.73 Å². The summed E-state index contributed by atoms with van der Waals surface area (Å²) >= 11 is 5.89. The number of nitrogen functional groups attached to an aromatic ring is 1. The molecule has 0 spiro atoms. The maximum Gasteiger partial charge on any atom is 0.0991 e. The number of halogens is 1. The standard InChI is InChI=1S/C16H16ClN3/c1-20(10-13-4-2-3-12(7-13)9-18)11-14-5-6-15(17)8-16(14)19/h2-8H,10-11,19H2,1H3. The second-order valence-corrected chi connectivity index (χ2v) is 5.26. The van der Waals surface area contributed by atoms with Crippen molar-refractivity contribution < 1.29 is 0 Å². The van der Waals surface area contributed by atoms with Crippen LogP contribution in [0.2, 0.25) is 5.02 Å². The maximum atomic E-state index is 8.90. The molecule has 0 fully saturated rings. The zero-order valence-corrected chi connectivity index (χ0v) is 12.1. The SMILES string of the molecule is CN(Cc1cccc(C#N)c1)Cc1ccc(Cl)cc1N. The Bertz CT molecular complexity index is 646. The minimum absolute atomic E-state index is 0.649. The van der Waals surface area contributed by atoms with Gasteiger partial charge in [-0.25, -0.2) is 0 Å². The molecule has 3 nitrogen and oxygen atoms in total. The molecule has 0 saturated heterocycles. The van der Waals surface area contributed by atoms with Gasteiger partial charge in [0, 0.05) is 23.8 Å². The summed E-state index contributed by atoms with van der Waals surface area (Å²) in [6, 6.07) is 15.3. The van der Waals surface area contributed by atoms with Crippen LogP contribution in [-0.2, 0) is 13.1 Å². The van der Waals surface area contributed by atoms with Crippen molar-refractivity contribution in [2.45, 2.75) is 13.1 Å². The Labute approximate surface area is 124 Å². The van der Waals surface area contributed by atoms with Crippen LogP contribution in [0.4, 0.5) is 5.69 Å². The Kier molecular flexibility index (Phi) is 4.62. The van der Waals surface area contributed by atoms with E-state index < -0.39 is 0 Å². The summed E-state index contributed by atoms with van der Waals surface area (Å²) in [5, 5.41) is 9.55. The topological polar surface area (TPSA) is 53.0 Å². The fourth-order valence-electron chi connectivity index (χ4n) is 2.11. The van der Waals surface area contributed by atoms with Crippen molar-refractivity contribution in [3.8, 4) is 6.07 Å².